The molecule has 1 aliphatic carbocycles. The van der Waals surface area contributed by atoms with E-state index in [1.807, 2.05) is 12.1 Å². The zero-order valence-corrected chi connectivity index (χ0v) is 11.2. The average Bonchev–Trinajstić information content (AvgIpc) is 2.74. The molecular formula is C15H21NO2. The average molecular weight is 247 g/mol. The highest BCUT2D eigenvalue weighted by molar-refractivity contribution is 5.56. The highest BCUT2D eigenvalue weighted by Gasteiger charge is 2.28. The Hall–Kier alpha value is -1.38. The van der Waals surface area contributed by atoms with E-state index >= 15 is 0 Å². The number of fused-ring (bicyclic) bond motifs is 1. The molecule has 1 heterocycles. The minimum atomic E-state index is 0.343. The minimum Gasteiger partial charge on any atom is -0.454 e. The van der Waals surface area contributed by atoms with Crippen LogP contribution in [-0.2, 0) is 0 Å². The summed E-state index contributed by atoms with van der Waals surface area (Å²) >= 11 is 0. The van der Waals surface area contributed by atoms with Crippen molar-refractivity contribution in [1.82, 2.24) is 0 Å². The molecule has 1 saturated carbocycles. The number of hydrogen-bond donors (Lipinski definition) is 1. The van der Waals surface area contributed by atoms with Gasteiger partial charge in [0.05, 0.1) is 0 Å². The van der Waals surface area contributed by atoms with Crippen LogP contribution in [-0.4, -0.2) is 12.8 Å². The third-order valence-corrected chi connectivity index (χ3v) is 3.95. The second-order valence-electron chi connectivity index (χ2n) is 6.17. The number of hydrogen-bond acceptors (Lipinski definition) is 3. The van der Waals surface area contributed by atoms with E-state index in [1.54, 1.807) is 0 Å². The van der Waals surface area contributed by atoms with E-state index in [9.17, 15) is 0 Å². The fraction of sp³-hybridized carbons (Fsp3) is 0.600. The minimum absolute atomic E-state index is 0.343. The topological polar surface area (TPSA) is 30.5 Å². The maximum Gasteiger partial charge on any atom is 0.231 e. The van der Waals surface area contributed by atoms with Crippen LogP contribution in [0.5, 0.6) is 11.5 Å². The van der Waals surface area contributed by atoms with Crippen LogP contribution < -0.4 is 14.8 Å². The molecule has 0 radical (unpaired) electrons. The van der Waals surface area contributed by atoms with Gasteiger partial charge in [0, 0.05) is 17.8 Å². The van der Waals surface area contributed by atoms with Crippen molar-refractivity contribution in [2.75, 3.05) is 12.1 Å². The van der Waals surface area contributed by atoms with Gasteiger partial charge in [0.25, 0.3) is 0 Å². The van der Waals surface area contributed by atoms with Gasteiger partial charge < -0.3 is 14.8 Å². The molecule has 1 aromatic carbocycles. The monoisotopic (exact) mass is 247 g/mol. The molecule has 1 fully saturated rings. The van der Waals surface area contributed by atoms with Crippen molar-refractivity contribution in [2.45, 2.75) is 45.6 Å². The smallest absolute Gasteiger partial charge is 0.231 e. The van der Waals surface area contributed by atoms with Gasteiger partial charge in [0.15, 0.2) is 11.5 Å². The van der Waals surface area contributed by atoms with E-state index in [0.717, 1.165) is 17.2 Å². The van der Waals surface area contributed by atoms with Gasteiger partial charge in [-0.1, -0.05) is 20.3 Å². The van der Waals surface area contributed by atoms with Gasteiger partial charge in [0.1, 0.15) is 0 Å². The quantitative estimate of drug-likeness (QED) is 0.862. The van der Waals surface area contributed by atoms with Gasteiger partial charge in [-0.05, 0) is 36.8 Å². The Labute approximate surface area is 108 Å². The molecule has 2 aliphatic rings. The largest absolute Gasteiger partial charge is 0.454 e. The SMILES string of the molecule is CC1(C)CCCC(Nc2ccc3c(c2)OCO3)C1. The zero-order valence-electron chi connectivity index (χ0n) is 11.2. The van der Waals surface area contributed by atoms with Crippen molar-refractivity contribution in [2.24, 2.45) is 5.41 Å². The summed E-state index contributed by atoms with van der Waals surface area (Å²) in [6.07, 6.45) is 5.15. The Morgan fingerprint density at radius 1 is 1.22 bits per heavy atom. The van der Waals surface area contributed by atoms with Gasteiger partial charge in [-0.2, -0.15) is 0 Å². The maximum absolute atomic E-state index is 5.41. The number of nitrogens with one attached hydrogen (secondary N) is 1. The lowest BCUT2D eigenvalue weighted by Gasteiger charge is -2.36. The van der Waals surface area contributed by atoms with Crippen molar-refractivity contribution in [3.63, 3.8) is 0 Å². The molecule has 18 heavy (non-hydrogen) atoms. The summed E-state index contributed by atoms with van der Waals surface area (Å²) < 4.78 is 10.7. The Kier molecular flexibility index (Phi) is 2.84. The molecule has 1 atom stereocenters. The third kappa shape index (κ3) is 2.40. The predicted octanol–water partition coefficient (Wildman–Crippen LogP) is 3.80. The fourth-order valence-corrected chi connectivity index (χ4v) is 3.04. The standard InChI is InChI=1S/C15H21NO2/c1-15(2)7-3-4-12(9-15)16-11-5-6-13-14(8-11)18-10-17-13/h5-6,8,12,16H,3-4,7,9-10H2,1-2H3. The second-order valence-corrected chi connectivity index (χ2v) is 6.17. The first-order valence-corrected chi connectivity index (χ1v) is 6.79. The molecule has 0 bridgehead atoms. The molecule has 1 unspecified atom stereocenters. The number of benzene rings is 1. The second kappa shape index (κ2) is 4.38. The first kappa shape index (κ1) is 11.7. The van der Waals surface area contributed by atoms with Gasteiger partial charge in [-0.15, -0.1) is 0 Å². The number of rotatable bonds is 2. The van der Waals surface area contributed by atoms with Crippen LogP contribution in [0, 0.1) is 5.41 Å². The van der Waals surface area contributed by atoms with Gasteiger partial charge in [-0.3, -0.25) is 0 Å². The van der Waals surface area contributed by atoms with E-state index in [-0.39, 0.29) is 0 Å². The van der Waals surface area contributed by atoms with E-state index in [2.05, 4.69) is 25.2 Å². The first-order valence-electron chi connectivity index (χ1n) is 6.79. The van der Waals surface area contributed by atoms with E-state index in [4.69, 9.17) is 9.47 Å². The van der Waals surface area contributed by atoms with Gasteiger partial charge in [0.2, 0.25) is 6.79 Å². The van der Waals surface area contributed by atoms with Gasteiger partial charge >= 0.3 is 0 Å². The summed E-state index contributed by atoms with van der Waals surface area (Å²) in [6.45, 7) is 5.07. The summed E-state index contributed by atoms with van der Waals surface area (Å²) in [6, 6.07) is 6.69. The van der Waals surface area contributed by atoms with Crippen LogP contribution in [0.2, 0.25) is 0 Å². The van der Waals surface area contributed by atoms with Crippen molar-refractivity contribution in [3.05, 3.63) is 18.2 Å². The molecule has 1 aromatic rings. The molecule has 0 amide bonds. The van der Waals surface area contributed by atoms with Crippen molar-refractivity contribution in [3.8, 4) is 11.5 Å². The molecule has 3 rings (SSSR count). The van der Waals surface area contributed by atoms with Crippen molar-refractivity contribution < 1.29 is 9.47 Å². The van der Waals surface area contributed by atoms with E-state index < -0.39 is 0 Å². The molecule has 3 heteroatoms. The lowest BCUT2D eigenvalue weighted by Crippen LogP contribution is -2.31. The molecule has 0 spiro atoms. The highest BCUT2D eigenvalue weighted by atomic mass is 16.7. The van der Waals surface area contributed by atoms with Crippen LogP contribution in [0.1, 0.15) is 39.5 Å². The zero-order chi connectivity index (χ0) is 12.6. The van der Waals surface area contributed by atoms with E-state index in [0.29, 0.717) is 18.2 Å². The van der Waals surface area contributed by atoms with Crippen LogP contribution >= 0.6 is 0 Å². The lowest BCUT2D eigenvalue weighted by molar-refractivity contribution is 0.174. The van der Waals surface area contributed by atoms with Crippen LogP contribution in [0.25, 0.3) is 0 Å². The third-order valence-electron chi connectivity index (χ3n) is 3.95. The Balaban J connectivity index is 1.69. The number of anilines is 1. The van der Waals surface area contributed by atoms with Crippen molar-refractivity contribution >= 4 is 5.69 Å². The summed E-state index contributed by atoms with van der Waals surface area (Å²) in [5.41, 5.74) is 1.61. The first-order chi connectivity index (χ1) is 8.62. The molecule has 1 aliphatic heterocycles. The summed E-state index contributed by atoms with van der Waals surface area (Å²) in [4.78, 5) is 0. The van der Waals surface area contributed by atoms with Crippen molar-refractivity contribution in [1.29, 1.82) is 0 Å². The summed E-state index contributed by atoms with van der Waals surface area (Å²) in [7, 11) is 0. The molecular weight excluding hydrogens is 226 g/mol. The Bertz CT molecular complexity index is 442. The molecule has 1 N–H and O–H groups in total. The molecule has 0 saturated heterocycles. The van der Waals surface area contributed by atoms with Crippen LogP contribution in [0.4, 0.5) is 5.69 Å². The summed E-state index contributed by atoms with van der Waals surface area (Å²) in [5, 5.41) is 3.63. The Morgan fingerprint density at radius 2 is 2.06 bits per heavy atom. The number of ether oxygens (including phenoxy) is 2. The lowest BCUT2D eigenvalue weighted by atomic mass is 9.75. The molecule has 3 nitrogen and oxygen atoms in total. The van der Waals surface area contributed by atoms with E-state index in [1.165, 1.54) is 25.7 Å². The molecule has 98 valence electrons. The maximum atomic E-state index is 5.41. The summed E-state index contributed by atoms with van der Waals surface area (Å²) in [5.74, 6) is 1.71. The highest BCUT2D eigenvalue weighted by Crippen LogP contribution is 2.38. The van der Waals surface area contributed by atoms with Crippen LogP contribution in [0.3, 0.4) is 0 Å². The predicted molar refractivity (Wildman–Crippen MR) is 72.2 cm³/mol. The fourth-order valence-electron chi connectivity index (χ4n) is 3.04. The normalized spacial score (nSPS) is 24.9. The molecule has 0 aromatic heterocycles. The van der Waals surface area contributed by atoms with Gasteiger partial charge in [-0.25, -0.2) is 0 Å². The Morgan fingerprint density at radius 3 is 2.89 bits per heavy atom. The van der Waals surface area contributed by atoms with Crippen LogP contribution in [0.15, 0.2) is 18.2 Å².